The van der Waals surface area contributed by atoms with Crippen molar-refractivity contribution < 1.29 is 9.63 Å². The number of hydrogen-bond donors (Lipinski definition) is 2. The number of rotatable bonds is 9. The minimum atomic E-state index is 0.630. The summed E-state index contributed by atoms with van der Waals surface area (Å²) < 4.78 is 0. The second-order valence-corrected chi connectivity index (χ2v) is 5.87. The highest BCUT2D eigenvalue weighted by Gasteiger charge is 2.06. The lowest BCUT2D eigenvalue weighted by Gasteiger charge is -2.13. The van der Waals surface area contributed by atoms with Gasteiger partial charge in [-0.15, -0.1) is 0 Å². The molecule has 0 bridgehead atoms. The van der Waals surface area contributed by atoms with Crippen molar-refractivity contribution in [2.45, 2.75) is 26.7 Å². The maximum atomic E-state index is 11.1. The highest BCUT2D eigenvalue weighted by Crippen LogP contribution is 2.16. The molecule has 4 nitrogen and oxygen atoms in total. The molecular weight excluding hydrogens is 324 g/mol. The molecule has 0 aliphatic carbocycles. The second kappa shape index (κ2) is 10.2. The Morgan fingerprint density at radius 1 is 0.846 bits per heavy atom. The molecule has 0 heterocycles. The van der Waals surface area contributed by atoms with E-state index in [4.69, 9.17) is 4.84 Å². The predicted octanol–water partition coefficient (Wildman–Crippen LogP) is 4.09. The normalized spacial score (nSPS) is 12.0. The van der Waals surface area contributed by atoms with Crippen LogP contribution < -0.4 is 10.8 Å². The molecule has 0 aliphatic heterocycles. The molecule has 0 spiro atoms. The number of amides is 1. The van der Waals surface area contributed by atoms with Crippen LogP contribution in [0.4, 0.5) is 0 Å². The quantitative estimate of drug-likeness (QED) is 0.407. The van der Waals surface area contributed by atoms with E-state index in [9.17, 15) is 4.79 Å². The van der Waals surface area contributed by atoms with Crippen molar-refractivity contribution >= 4 is 18.6 Å². The lowest BCUT2D eigenvalue weighted by atomic mass is 10.1. The molecule has 0 unspecified atom stereocenters. The monoisotopic (exact) mass is 350 g/mol. The SMILES string of the molecule is CCc1ccc(/C=C(NC=O)/C(=C/c2ccc(CC)cc2)NOC)cc1. The Labute approximate surface area is 155 Å². The molecule has 0 aromatic heterocycles. The zero-order valence-corrected chi connectivity index (χ0v) is 15.6. The van der Waals surface area contributed by atoms with Crippen LogP contribution in [0.5, 0.6) is 0 Å². The summed E-state index contributed by atoms with van der Waals surface area (Å²) in [6, 6.07) is 16.5. The van der Waals surface area contributed by atoms with E-state index in [-0.39, 0.29) is 0 Å². The molecule has 0 atom stereocenters. The zero-order chi connectivity index (χ0) is 18.8. The van der Waals surface area contributed by atoms with Crippen LogP contribution in [-0.2, 0) is 22.5 Å². The number of benzene rings is 2. The number of carbonyl (C=O) groups is 1. The van der Waals surface area contributed by atoms with E-state index in [1.54, 1.807) is 7.11 Å². The van der Waals surface area contributed by atoms with Crippen LogP contribution in [0.2, 0.25) is 0 Å². The summed E-state index contributed by atoms with van der Waals surface area (Å²) in [5, 5.41) is 2.76. The summed E-state index contributed by atoms with van der Waals surface area (Å²) in [5.41, 5.74) is 8.72. The molecule has 136 valence electrons. The molecule has 4 heteroatoms. The van der Waals surface area contributed by atoms with Crippen LogP contribution in [0.3, 0.4) is 0 Å². The molecule has 0 radical (unpaired) electrons. The first kappa shape index (κ1) is 19.5. The number of nitrogens with one attached hydrogen (secondary N) is 2. The standard InChI is InChI=1S/C22H26N2O2/c1-4-17-6-10-19(11-7-17)14-21(23-16-25)22(24-26-3)15-20-12-8-18(5-2)9-13-20/h6-16,24H,4-5H2,1-3H3,(H,23,25)/b21-14-,22-15-. The first-order valence-electron chi connectivity index (χ1n) is 8.81. The molecule has 0 saturated carbocycles. The van der Waals surface area contributed by atoms with Gasteiger partial charge in [-0.1, -0.05) is 62.4 Å². The Hall–Kier alpha value is -2.85. The van der Waals surface area contributed by atoms with Crippen molar-refractivity contribution in [3.8, 4) is 0 Å². The van der Waals surface area contributed by atoms with Crippen molar-refractivity contribution in [2.75, 3.05) is 7.11 Å². The number of carbonyl (C=O) groups excluding carboxylic acids is 1. The largest absolute Gasteiger partial charge is 0.327 e. The van der Waals surface area contributed by atoms with E-state index in [1.165, 1.54) is 11.1 Å². The van der Waals surface area contributed by atoms with Gasteiger partial charge in [-0.2, -0.15) is 0 Å². The molecule has 1 amide bonds. The van der Waals surface area contributed by atoms with Crippen LogP contribution in [-0.4, -0.2) is 13.5 Å². The number of hydrogen-bond acceptors (Lipinski definition) is 3. The van der Waals surface area contributed by atoms with E-state index in [2.05, 4.69) is 48.9 Å². The first-order chi connectivity index (χ1) is 12.7. The van der Waals surface area contributed by atoms with Crippen molar-refractivity contribution in [3.05, 3.63) is 82.2 Å². The molecule has 0 aliphatic rings. The average molecular weight is 350 g/mol. The maximum Gasteiger partial charge on any atom is 0.211 e. The molecule has 2 rings (SSSR count). The van der Waals surface area contributed by atoms with Gasteiger partial charge < -0.3 is 5.32 Å². The van der Waals surface area contributed by atoms with Crippen molar-refractivity contribution in [1.82, 2.24) is 10.8 Å². The van der Waals surface area contributed by atoms with Crippen LogP contribution in [0.1, 0.15) is 36.1 Å². The summed E-state index contributed by atoms with van der Waals surface area (Å²) in [7, 11) is 1.54. The van der Waals surface area contributed by atoms with E-state index >= 15 is 0 Å². The Kier molecular flexibility index (Phi) is 7.65. The topological polar surface area (TPSA) is 50.4 Å². The fourth-order valence-electron chi connectivity index (χ4n) is 2.57. The Morgan fingerprint density at radius 2 is 1.31 bits per heavy atom. The highest BCUT2D eigenvalue weighted by atomic mass is 16.6. The highest BCUT2D eigenvalue weighted by molar-refractivity contribution is 5.69. The third-order valence-corrected chi connectivity index (χ3v) is 4.11. The fourth-order valence-corrected chi connectivity index (χ4v) is 2.57. The molecule has 2 aromatic rings. The van der Waals surface area contributed by atoms with Gasteiger partial charge in [0.15, 0.2) is 0 Å². The number of hydroxylamine groups is 1. The first-order valence-corrected chi connectivity index (χ1v) is 8.81. The summed E-state index contributed by atoms with van der Waals surface area (Å²) in [6.07, 6.45) is 6.50. The van der Waals surface area contributed by atoms with Gasteiger partial charge in [0, 0.05) is 0 Å². The van der Waals surface area contributed by atoms with Gasteiger partial charge in [0.25, 0.3) is 0 Å². The molecular formula is C22H26N2O2. The minimum Gasteiger partial charge on any atom is -0.327 e. The van der Waals surface area contributed by atoms with Gasteiger partial charge in [-0.25, -0.2) is 0 Å². The van der Waals surface area contributed by atoms with E-state index in [1.807, 2.05) is 36.4 Å². The van der Waals surface area contributed by atoms with Gasteiger partial charge >= 0.3 is 0 Å². The lowest BCUT2D eigenvalue weighted by Crippen LogP contribution is -2.21. The van der Waals surface area contributed by atoms with E-state index in [0.717, 1.165) is 24.0 Å². The fraction of sp³-hybridized carbons (Fsp3) is 0.227. The maximum absolute atomic E-state index is 11.1. The molecule has 0 fully saturated rings. The lowest BCUT2D eigenvalue weighted by molar-refractivity contribution is -0.108. The van der Waals surface area contributed by atoms with Crippen molar-refractivity contribution in [1.29, 1.82) is 0 Å². The van der Waals surface area contributed by atoms with Crippen LogP contribution >= 0.6 is 0 Å². The summed E-state index contributed by atoms with van der Waals surface area (Å²) >= 11 is 0. The average Bonchev–Trinajstić information content (AvgIpc) is 2.68. The zero-order valence-electron chi connectivity index (χ0n) is 15.6. The Bertz CT molecular complexity index is 760. The Balaban J connectivity index is 2.37. The van der Waals surface area contributed by atoms with Gasteiger partial charge in [-0.05, 0) is 47.2 Å². The molecule has 2 aromatic carbocycles. The second-order valence-electron chi connectivity index (χ2n) is 5.87. The summed E-state index contributed by atoms with van der Waals surface area (Å²) in [4.78, 5) is 16.2. The van der Waals surface area contributed by atoms with Crippen molar-refractivity contribution in [3.63, 3.8) is 0 Å². The minimum absolute atomic E-state index is 0.630. The van der Waals surface area contributed by atoms with Gasteiger partial charge in [0.05, 0.1) is 18.5 Å². The van der Waals surface area contributed by atoms with Crippen LogP contribution in [0, 0.1) is 0 Å². The van der Waals surface area contributed by atoms with E-state index < -0.39 is 0 Å². The predicted molar refractivity (Wildman–Crippen MR) is 107 cm³/mol. The summed E-state index contributed by atoms with van der Waals surface area (Å²) in [6.45, 7) is 4.25. The smallest absolute Gasteiger partial charge is 0.211 e. The van der Waals surface area contributed by atoms with Crippen molar-refractivity contribution in [2.24, 2.45) is 0 Å². The van der Waals surface area contributed by atoms with E-state index in [0.29, 0.717) is 17.8 Å². The van der Waals surface area contributed by atoms with Gasteiger partial charge in [-0.3, -0.25) is 15.1 Å². The van der Waals surface area contributed by atoms with Gasteiger partial charge in [0.2, 0.25) is 6.41 Å². The molecule has 2 N–H and O–H groups in total. The van der Waals surface area contributed by atoms with Crippen LogP contribution in [0.25, 0.3) is 12.2 Å². The number of aryl methyl sites for hydroxylation is 2. The summed E-state index contributed by atoms with van der Waals surface area (Å²) in [5.74, 6) is 0. The van der Waals surface area contributed by atoms with Gasteiger partial charge in [0.1, 0.15) is 0 Å². The molecule has 0 saturated heterocycles. The molecule has 26 heavy (non-hydrogen) atoms. The van der Waals surface area contributed by atoms with Crippen LogP contribution in [0.15, 0.2) is 59.9 Å². The third-order valence-electron chi connectivity index (χ3n) is 4.11. The Morgan fingerprint density at radius 3 is 1.69 bits per heavy atom. The third kappa shape index (κ3) is 5.60.